The minimum atomic E-state index is -0.216. The lowest BCUT2D eigenvalue weighted by atomic mass is 10.1. The molecule has 110 valence electrons. The van der Waals surface area contributed by atoms with E-state index in [1.807, 2.05) is 17.5 Å². The summed E-state index contributed by atoms with van der Waals surface area (Å²) < 4.78 is 0. The standard InChI is InChI=1S/C16H11ClN2O2S/c17-11-3-4-14(20)12(6-11)15(21)7-16-19-13(9-22-16)10-2-1-5-18-8-10/h1-6,8-9,20H,7H2. The molecule has 22 heavy (non-hydrogen) atoms. The number of aromatic nitrogens is 2. The molecule has 0 radical (unpaired) electrons. The minimum Gasteiger partial charge on any atom is -0.507 e. The van der Waals surface area contributed by atoms with E-state index in [1.54, 1.807) is 12.4 Å². The maximum Gasteiger partial charge on any atom is 0.173 e. The van der Waals surface area contributed by atoms with Gasteiger partial charge < -0.3 is 5.11 Å². The highest BCUT2D eigenvalue weighted by Gasteiger charge is 2.15. The molecule has 1 aromatic carbocycles. The van der Waals surface area contributed by atoms with Crippen molar-refractivity contribution in [3.63, 3.8) is 0 Å². The average molecular weight is 331 g/mol. The number of rotatable bonds is 4. The van der Waals surface area contributed by atoms with Crippen molar-refractivity contribution in [2.75, 3.05) is 0 Å². The molecule has 0 spiro atoms. The number of carbonyl (C=O) groups is 1. The first-order valence-electron chi connectivity index (χ1n) is 6.50. The fourth-order valence-electron chi connectivity index (χ4n) is 2.00. The third-order valence-electron chi connectivity index (χ3n) is 3.08. The van der Waals surface area contributed by atoms with Crippen LogP contribution in [-0.2, 0) is 6.42 Å². The molecular formula is C16H11ClN2O2S. The summed E-state index contributed by atoms with van der Waals surface area (Å²) in [5.41, 5.74) is 1.91. The Morgan fingerprint density at radius 1 is 1.32 bits per heavy atom. The van der Waals surface area contributed by atoms with E-state index in [2.05, 4.69) is 9.97 Å². The highest BCUT2D eigenvalue weighted by Crippen LogP contribution is 2.25. The second kappa shape index (κ2) is 6.25. The number of nitrogens with zero attached hydrogens (tertiary/aromatic N) is 2. The van der Waals surface area contributed by atoms with Gasteiger partial charge in [0.2, 0.25) is 0 Å². The van der Waals surface area contributed by atoms with Gasteiger partial charge in [0.05, 0.1) is 17.7 Å². The van der Waals surface area contributed by atoms with Crippen molar-refractivity contribution in [1.82, 2.24) is 9.97 Å². The Kier molecular flexibility index (Phi) is 4.18. The van der Waals surface area contributed by atoms with Crippen LogP contribution in [0.4, 0.5) is 0 Å². The lowest BCUT2D eigenvalue weighted by Crippen LogP contribution is -2.03. The van der Waals surface area contributed by atoms with Crippen LogP contribution in [0.5, 0.6) is 5.75 Å². The first kappa shape index (κ1) is 14.7. The number of Topliss-reactive ketones (excluding diaryl/α,β-unsaturated/α-hetero) is 1. The summed E-state index contributed by atoms with van der Waals surface area (Å²) >= 11 is 7.27. The third kappa shape index (κ3) is 3.16. The van der Waals surface area contributed by atoms with E-state index in [1.165, 1.54) is 29.5 Å². The van der Waals surface area contributed by atoms with E-state index in [0.29, 0.717) is 10.0 Å². The van der Waals surface area contributed by atoms with Crippen molar-refractivity contribution in [3.8, 4) is 17.0 Å². The predicted molar refractivity (Wildman–Crippen MR) is 86.5 cm³/mol. The van der Waals surface area contributed by atoms with Gasteiger partial charge in [0.25, 0.3) is 0 Å². The molecule has 2 aromatic heterocycles. The van der Waals surface area contributed by atoms with Crippen LogP contribution in [0.15, 0.2) is 48.1 Å². The van der Waals surface area contributed by atoms with Crippen LogP contribution in [0.2, 0.25) is 5.02 Å². The van der Waals surface area contributed by atoms with Crippen LogP contribution in [0.1, 0.15) is 15.4 Å². The quantitative estimate of drug-likeness (QED) is 0.735. The van der Waals surface area contributed by atoms with Crippen LogP contribution in [0.25, 0.3) is 11.3 Å². The second-order valence-electron chi connectivity index (χ2n) is 4.63. The van der Waals surface area contributed by atoms with Gasteiger partial charge in [0.15, 0.2) is 5.78 Å². The number of aromatic hydroxyl groups is 1. The molecule has 0 amide bonds. The van der Waals surface area contributed by atoms with Gasteiger partial charge >= 0.3 is 0 Å². The zero-order chi connectivity index (χ0) is 15.5. The summed E-state index contributed by atoms with van der Waals surface area (Å²) in [5.74, 6) is -0.287. The molecule has 0 aliphatic carbocycles. The maximum absolute atomic E-state index is 12.3. The number of pyridine rings is 1. The molecule has 3 aromatic rings. The summed E-state index contributed by atoms with van der Waals surface area (Å²) in [6.07, 6.45) is 3.55. The largest absolute Gasteiger partial charge is 0.507 e. The molecule has 0 aliphatic heterocycles. The topological polar surface area (TPSA) is 63.1 Å². The van der Waals surface area contributed by atoms with Crippen molar-refractivity contribution in [1.29, 1.82) is 0 Å². The molecule has 0 unspecified atom stereocenters. The smallest absolute Gasteiger partial charge is 0.173 e. The van der Waals surface area contributed by atoms with E-state index >= 15 is 0 Å². The van der Waals surface area contributed by atoms with Crippen LogP contribution in [0.3, 0.4) is 0 Å². The number of thiazole rings is 1. The molecule has 4 nitrogen and oxygen atoms in total. The van der Waals surface area contributed by atoms with Crippen molar-refractivity contribution < 1.29 is 9.90 Å². The molecule has 0 aliphatic rings. The number of carbonyl (C=O) groups excluding carboxylic acids is 1. The Bertz CT molecular complexity index is 818. The highest BCUT2D eigenvalue weighted by atomic mass is 35.5. The van der Waals surface area contributed by atoms with Crippen LogP contribution in [-0.4, -0.2) is 20.9 Å². The van der Waals surface area contributed by atoms with Crippen molar-refractivity contribution in [2.45, 2.75) is 6.42 Å². The SMILES string of the molecule is O=C(Cc1nc(-c2cccnc2)cs1)c1cc(Cl)ccc1O. The normalized spacial score (nSPS) is 10.6. The lowest BCUT2D eigenvalue weighted by molar-refractivity contribution is 0.0990. The van der Waals surface area contributed by atoms with E-state index in [-0.39, 0.29) is 23.5 Å². The summed E-state index contributed by atoms with van der Waals surface area (Å²) in [6.45, 7) is 0. The molecular weight excluding hydrogens is 320 g/mol. The predicted octanol–water partition coefficient (Wildman–Crippen LogP) is 3.99. The summed E-state index contributed by atoms with van der Waals surface area (Å²) in [7, 11) is 0. The Morgan fingerprint density at radius 3 is 2.95 bits per heavy atom. The average Bonchev–Trinajstić information content (AvgIpc) is 2.99. The first-order valence-corrected chi connectivity index (χ1v) is 7.76. The third-order valence-corrected chi connectivity index (χ3v) is 4.16. The number of phenolic OH excluding ortho intramolecular Hbond substituents is 1. The molecule has 0 fully saturated rings. The highest BCUT2D eigenvalue weighted by molar-refractivity contribution is 7.10. The van der Waals surface area contributed by atoms with E-state index in [4.69, 9.17) is 11.6 Å². The fraction of sp³-hybridized carbons (Fsp3) is 0.0625. The fourth-order valence-corrected chi connectivity index (χ4v) is 2.98. The number of benzene rings is 1. The zero-order valence-electron chi connectivity index (χ0n) is 11.4. The van der Waals surface area contributed by atoms with Gasteiger partial charge in [-0.05, 0) is 30.3 Å². The second-order valence-corrected chi connectivity index (χ2v) is 6.01. The lowest BCUT2D eigenvalue weighted by Gasteiger charge is -2.03. The molecule has 1 N–H and O–H groups in total. The van der Waals surface area contributed by atoms with Gasteiger partial charge in [-0.15, -0.1) is 11.3 Å². The first-order chi connectivity index (χ1) is 10.6. The number of halogens is 1. The van der Waals surface area contributed by atoms with Gasteiger partial charge in [-0.2, -0.15) is 0 Å². The summed E-state index contributed by atoms with van der Waals surface area (Å²) in [6, 6.07) is 8.17. The molecule has 0 bridgehead atoms. The maximum atomic E-state index is 12.3. The van der Waals surface area contributed by atoms with Crippen molar-refractivity contribution >= 4 is 28.7 Å². The monoisotopic (exact) mass is 330 g/mol. The van der Waals surface area contributed by atoms with Crippen molar-refractivity contribution in [3.05, 3.63) is 63.7 Å². The van der Waals surface area contributed by atoms with E-state index in [9.17, 15) is 9.90 Å². The van der Waals surface area contributed by atoms with Gasteiger partial charge in [0.1, 0.15) is 10.8 Å². The van der Waals surface area contributed by atoms with Gasteiger partial charge in [-0.25, -0.2) is 4.98 Å². The number of phenols is 1. The number of hydrogen-bond acceptors (Lipinski definition) is 5. The van der Waals surface area contributed by atoms with Crippen LogP contribution < -0.4 is 0 Å². The Labute approximate surface area is 136 Å². The summed E-state index contributed by atoms with van der Waals surface area (Å²) in [4.78, 5) is 20.8. The summed E-state index contributed by atoms with van der Waals surface area (Å²) in [5, 5.41) is 12.7. The molecule has 2 heterocycles. The van der Waals surface area contributed by atoms with Gasteiger partial charge in [-0.3, -0.25) is 9.78 Å². The van der Waals surface area contributed by atoms with Crippen LogP contribution >= 0.6 is 22.9 Å². The van der Waals surface area contributed by atoms with Gasteiger partial charge in [0, 0.05) is 28.4 Å². The molecule has 0 saturated heterocycles. The van der Waals surface area contributed by atoms with E-state index < -0.39 is 0 Å². The Morgan fingerprint density at radius 2 is 2.18 bits per heavy atom. The van der Waals surface area contributed by atoms with Crippen LogP contribution in [0, 0.1) is 0 Å². The molecule has 6 heteroatoms. The Hall–Kier alpha value is -2.24. The number of ketones is 1. The minimum absolute atomic E-state index is 0.0709. The van der Waals surface area contributed by atoms with E-state index in [0.717, 1.165) is 11.3 Å². The zero-order valence-corrected chi connectivity index (χ0v) is 12.9. The molecule has 0 saturated carbocycles. The molecule has 3 rings (SSSR count). The Balaban J connectivity index is 1.81. The van der Waals surface area contributed by atoms with Gasteiger partial charge in [-0.1, -0.05) is 11.6 Å². The molecule has 0 atom stereocenters. The number of hydrogen-bond donors (Lipinski definition) is 1. The van der Waals surface area contributed by atoms with Crippen molar-refractivity contribution in [2.24, 2.45) is 0 Å².